The average Bonchev–Trinajstić information content (AvgIpc) is 2.30. The molecule has 0 aliphatic rings. The van der Waals surface area contributed by atoms with E-state index < -0.39 is 0 Å². The summed E-state index contributed by atoms with van der Waals surface area (Å²) in [6.45, 7) is 1.14. The van der Waals surface area contributed by atoms with Gasteiger partial charge in [0.15, 0.2) is 0 Å². The molecule has 0 aliphatic heterocycles. The van der Waals surface area contributed by atoms with Crippen LogP contribution in [-0.2, 0) is 11.3 Å². The number of halogens is 1. The second kappa shape index (κ2) is 6.20. The van der Waals surface area contributed by atoms with Gasteiger partial charge in [-0.3, -0.25) is 4.79 Å². The minimum Gasteiger partial charge on any atom is -0.398 e. The summed E-state index contributed by atoms with van der Waals surface area (Å²) in [5.74, 6) is -0.307. The maximum Gasteiger partial charge on any atom is 0.221 e. The molecular formula is C12H18FN3O. The molecule has 0 atom stereocenters. The summed E-state index contributed by atoms with van der Waals surface area (Å²) in [5.41, 5.74) is 7.06. The van der Waals surface area contributed by atoms with E-state index in [9.17, 15) is 9.18 Å². The van der Waals surface area contributed by atoms with E-state index in [1.54, 1.807) is 13.1 Å². The molecule has 3 N–H and O–H groups in total. The van der Waals surface area contributed by atoms with Crippen LogP contribution in [0.25, 0.3) is 0 Å². The Labute approximate surface area is 101 Å². The lowest BCUT2D eigenvalue weighted by Crippen LogP contribution is -2.26. The SMILES string of the molecule is CNC(=O)CCN(C)Cc1cc(F)ccc1N. The number of carbonyl (C=O) groups excluding carboxylic acids is 1. The number of nitrogens with one attached hydrogen (secondary N) is 1. The van der Waals surface area contributed by atoms with E-state index in [0.29, 0.717) is 25.2 Å². The monoisotopic (exact) mass is 239 g/mol. The van der Waals surface area contributed by atoms with E-state index in [4.69, 9.17) is 5.73 Å². The number of hydrogen-bond acceptors (Lipinski definition) is 3. The third-order valence-electron chi connectivity index (χ3n) is 2.54. The van der Waals surface area contributed by atoms with Crippen molar-refractivity contribution >= 4 is 11.6 Å². The summed E-state index contributed by atoms with van der Waals surface area (Å²) < 4.78 is 13.0. The molecule has 17 heavy (non-hydrogen) atoms. The molecule has 1 rings (SSSR count). The van der Waals surface area contributed by atoms with Crippen molar-refractivity contribution in [2.45, 2.75) is 13.0 Å². The van der Waals surface area contributed by atoms with E-state index in [1.807, 2.05) is 11.9 Å². The van der Waals surface area contributed by atoms with Gasteiger partial charge in [0.05, 0.1) is 0 Å². The number of nitrogens with two attached hydrogens (primary N) is 1. The third-order valence-corrected chi connectivity index (χ3v) is 2.54. The first-order chi connectivity index (χ1) is 8.02. The molecule has 5 heteroatoms. The van der Waals surface area contributed by atoms with Gasteiger partial charge in [-0.1, -0.05) is 0 Å². The topological polar surface area (TPSA) is 58.4 Å². The largest absolute Gasteiger partial charge is 0.398 e. The number of amides is 1. The highest BCUT2D eigenvalue weighted by Crippen LogP contribution is 2.15. The van der Waals surface area contributed by atoms with Gasteiger partial charge in [-0.05, 0) is 30.8 Å². The van der Waals surface area contributed by atoms with Crippen molar-refractivity contribution in [2.75, 3.05) is 26.4 Å². The fraction of sp³-hybridized carbons (Fsp3) is 0.417. The average molecular weight is 239 g/mol. The summed E-state index contributed by atoms with van der Waals surface area (Å²) in [6.07, 6.45) is 0.419. The zero-order chi connectivity index (χ0) is 12.8. The van der Waals surface area contributed by atoms with Crippen molar-refractivity contribution in [1.29, 1.82) is 0 Å². The van der Waals surface area contributed by atoms with Crippen molar-refractivity contribution in [3.05, 3.63) is 29.6 Å². The molecule has 0 saturated carbocycles. The van der Waals surface area contributed by atoms with Crippen LogP contribution in [0.2, 0.25) is 0 Å². The molecule has 0 unspecified atom stereocenters. The first-order valence-corrected chi connectivity index (χ1v) is 5.46. The Morgan fingerprint density at radius 2 is 2.24 bits per heavy atom. The van der Waals surface area contributed by atoms with Crippen molar-refractivity contribution in [3.63, 3.8) is 0 Å². The molecule has 1 aromatic carbocycles. The molecule has 0 aliphatic carbocycles. The second-order valence-corrected chi connectivity index (χ2v) is 4.00. The van der Waals surface area contributed by atoms with Crippen LogP contribution in [-0.4, -0.2) is 31.4 Å². The quantitative estimate of drug-likeness (QED) is 0.753. The van der Waals surface area contributed by atoms with Crippen LogP contribution in [0.3, 0.4) is 0 Å². The van der Waals surface area contributed by atoms with Gasteiger partial charge < -0.3 is 16.0 Å². The van der Waals surface area contributed by atoms with Gasteiger partial charge in [0, 0.05) is 32.2 Å². The van der Waals surface area contributed by atoms with Gasteiger partial charge in [-0.15, -0.1) is 0 Å². The van der Waals surface area contributed by atoms with E-state index in [0.717, 1.165) is 5.56 Å². The fourth-order valence-corrected chi connectivity index (χ4v) is 1.50. The lowest BCUT2D eigenvalue weighted by Gasteiger charge is -2.17. The number of hydrogen-bond donors (Lipinski definition) is 2. The van der Waals surface area contributed by atoms with E-state index in [1.165, 1.54) is 12.1 Å². The van der Waals surface area contributed by atoms with Crippen LogP contribution in [0.1, 0.15) is 12.0 Å². The number of rotatable bonds is 5. The van der Waals surface area contributed by atoms with Gasteiger partial charge in [0.25, 0.3) is 0 Å². The standard InChI is InChI=1S/C12H18FN3O/c1-15-12(17)5-6-16(2)8-9-7-10(13)3-4-11(9)14/h3-4,7H,5-6,8,14H2,1-2H3,(H,15,17). The highest BCUT2D eigenvalue weighted by atomic mass is 19.1. The van der Waals surface area contributed by atoms with E-state index >= 15 is 0 Å². The Kier molecular flexibility index (Phi) is 4.90. The van der Waals surface area contributed by atoms with Gasteiger partial charge in [-0.2, -0.15) is 0 Å². The molecule has 94 valence electrons. The van der Waals surface area contributed by atoms with Gasteiger partial charge in [-0.25, -0.2) is 4.39 Å². The zero-order valence-electron chi connectivity index (χ0n) is 10.2. The van der Waals surface area contributed by atoms with Gasteiger partial charge in [0.2, 0.25) is 5.91 Å². The van der Waals surface area contributed by atoms with Crippen LogP contribution < -0.4 is 11.1 Å². The summed E-state index contributed by atoms with van der Waals surface area (Å²) in [7, 11) is 3.47. The molecular weight excluding hydrogens is 221 g/mol. The van der Waals surface area contributed by atoms with Gasteiger partial charge >= 0.3 is 0 Å². The van der Waals surface area contributed by atoms with Crippen LogP contribution in [0.15, 0.2) is 18.2 Å². The lowest BCUT2D eigenvalue weighted by atomic mass is 10.1. The highest BCUT2D eigenvalue weighted by molar-refractivity contribution is 5.75. The molecule has 0 spiro atoms. The van der Waals surface area contributed by atoms with Crippen LogP contribution >= 0.6 is 0 Å². The Morgan fingerprint density at radius 3 is 2.88 bits per heavy atom. The molecule has 0 saturated heterocycles. The van der Waals surface area contributed by atoms with Gasteiger partial charge in [0.1, 0.15) is 5.82 Å². The number of carbonyl (C=O) groups is 1. The molecule has 0 heterocycles. The Bertz CT molecular complexity index is 395. The first kappa shape index (κ1) is 13.4. The molecule has 1 aromatic rings. The smallest absolute Gasteiger partial charge is 0.221 e. The van der Waals surface area contributed by atoms with E-state index in [-0.39, 0.29) is 11.7 Å². The number of nitrogen functional groups attached to an aromatic ring is 1. The molecule has 4 nitrogen and oxygen atoms in total. The Hall–Kier alpha value is -1.62. The Morgan fingerprint density at radius 1 is 1.53 bits per heavy atom. The van der Waals surface area contributed by atoms with Crippen LogP contribution in [0, 0.1) is 5.82 Å². The first-order valence-electron chi connectivity index (χ1n) is 5.46. The van der Waals surface area contributed by atoms with Crippen LogP contribution in [0.5, 0.6) is 0 Å². The number of anilines is 1. The molecule has 0 bridgehead atoms. The fourth-order valence-electron chi connectivity index (χ4n) is 1.50. The summed E-state index contributed by atoms with van der Waals surface area (Å²) in [4.78, 5) is 13.0. The molecule has 0 radical (unpaired) electrons. The second-order valence-electron chi connectivity index (χ2n) is 4.00. The van der Waals surface area contributed by atoms with Crippen molar-refractivity contribution in [1.82, 2.24) is 10.2 Å². The number of nitrogens with zero attached hydrogens (tertiary/aromatic N) is 1. The normalized spacial score (nSPS) is 10.6. The zero-order valence-corrected chi connectivity index (χ0v) is 10.2. The maximum absolute atomic E-state index is 13.0. The maximum atomic E-state index is 13.0. The lowest BCUT2D eigenvalue weighted by molar-refractivity contribution is -0.120. The Balaban J connectivity index is 2.52. The molecule has 0 aromatic heterocycles. The van der Waals surface area contributed by atoms with Crippen molar-refractivity contribution in [3.8, 4) is 0 Å². The summed E-state index contributed by atoms with van der Waals surface area (Å²) in [6, 6.07) is 4.31. The highest BCUT2D eigenvalue weighted by Gasteiger charge is 2.07. The predicted octanol–water partition coefficient (Wildman–Crippen LogP) is 0.976. The van der Waals surface area contributed by atoms with E-state index in [2.05, 4.69) is 5.32 Å². The minimum atomic E-state index is -0.297. The molecule has 0 fully saturated rings. The van der Waals surface area contributed by atoms with Crippen LogP contribution in [0.4, 0.5) is 10.1 Å². The number of benzene rings is 1. The predicted molar refractivity (Wildman–Crippen MR) is 65.8 cm³/mol. The summed E-state index contributed by atoms with van der Waals surface area (Å²) >= 11 is 0. The minimum absolute atomic E-state index is 0.0101. The molecule has 1 amide bonds. The van der Waals surface area contributed by atoms with Crippen molar-refractivity contribution < 1.29 is 9.18 Å². The summed E-state index contributed by atoms with van der Waals surface area (Å²) in [5, 5.41) is 2.55. The third kappa shape index (κ3) is 4.40. The van der Waals surface area contributed by atoms with Crippen molar-refractivity contribution in [2.24, 2.45) is 0 Å².